The van der Waals surface area contributed by atoms with Gasteiger partial charge in [-0.15, -0.1) is 0 Å². The molecule has 0 saturated heterocycles. The molecule has 0 aliphatic heterocycles. The summed E-state index contributed by atoms with van der Waals surface area (Å²) in [5.41, 5.74) is 3.44. The van der Waals surface area contributed by atoms with E-state index in [9.17, 15) is 0 Å². The number of para-hydroxylation sites is 2. The molecule has 0 bridgehead atoms. The van der Waals surface area contributed by atoms with Gasteiger partial charge in [-0.1, -0.05) is 30.4 Å². The molecule has 2 aromatic carbocycles. The van der Waals surface area contributed by atoms with Crippen molar-refractivity contribution >= 4 is 17.1 Å². The Balaban J connectivity index is 1.42. The number of methoxy groups -OCH3 is 1. The number of benzene rings is 2. The molecule has 4 heteroatoms. The Kier molecular flexibility index (Phi) is 5.14. The second kappa shape index (κ2) is 7.87. The predicted molar refractivity (Wildman–Crippen MR) is 110 cm³/mol. The van der Waals surface area contributed by atoms with Crippen LogP contribution in [0.1, 0.15) is 43.5 Å². The lowest BCUT2D eigenvalue weighted by Gasteiger charge is -2.13. The van der Waals surface area contributed by atoms with Gasteiger partial charge >= 0.3 is 0 Å². The van der Waals surface area contributed by atoms with Crippen LogP contribution in [0.2, 0.25) is 0 Å². The quantitative estimate of drug-likeness (QED) is 0.502. The molecule has 1 aromatic heterocycles. The number of imidazole rings is 1. The Hall–Kier alpha value is -2.75. The molecule has 1 fully saturated rings. The highest BCUT2D eigenvalue weighted by atomic mass is 16.5. The Bertz CT molecular complexity index is 954. The first-order valence-electron chi connectivity index (χ1n) is 9.69. The summed E-state index contributed by atoms with van der Waals surface area (Å²) in [6.07, 6.45) is 7.52. The van der Waals surface area contributed by atoms with Crippen molar-refractivity contribution in [3.8, 4) is 11.5 Å². The fourth-order valence-corrected chi connectivity index (χ4v) is 3.49. The molecule has 0 unspecified atom stereocenters. The molecule has 1 heterocycles. The normalized spacial score (nSPS) is 14.1. The molecule has 140 valence electrons. The van der Waals surface area contributed by atoms with Gasteiger partial charge < -0.3 is 14.0 Å². The maximum atomic E-state index is 6.00. The first kappa shape index (κ1) is 17.7. The van der Waals surface area contributed by atoms with Crippen LogP contribution in [0.5, 0.6) is 11.5 Å². The zero-order valence-corrected chi connectivity index (χ0v) is 16.0. The van der Waals surface area contributed by atoms with Crippen molar-refractivity contribution in [2.24, 2.45) is 0 Å². The zero-order chi connectivity index (χ0) is 18.6. The van der Waals surface area contributed by atoms with Gasteiger partial charge in [0.1, 0.15) is 5.82 Å². The Morgan fingerprint density at radius 3 is 2.78 bits per heavy atom. The lowest BCUT2D eigenvalue weighted by Crippen LogP contribution is -2.08. The van der Waals surface area contributed by atoms with Crippen LogP contribution in [0.25, 0.3) is 17.1 Å². The summed E-state index contributed by atoms with van der Waals surface area (Å²) < 4.78 is 13.9. The summed E-state index contributed by atoms with van der Waals surface area (Å²) in [5.74, 6) is 3.45. The van der Waals surface area contributed by atoms with E-state index < -0.39 is 0 Å². The van der Waals surface area contributed by atoms with Crippen LogP contribution in [0.4, 0.5) is 0 Å². The predicted octanol–water partition coefficient (Wildman–Crippen LogP) is 5.42. The number of aromatic nitrogens is 2. The molecule has 0 amide bonds. The highest BCUT2D eigenvalue weighted by Crippen LogP contribution is 2.40. The maximum Gasteiger partial charge on any atom is 0.161 e. The van der Waals surface area contributed by atoms with E-state index >= 15 is 0 Å². The van der Waals surface area contributed by atoms with Gasteiger partial charge in [-0.05, 0) is 56.0 Å². The van der Waals surface area contributed by atoms with Gasteiger partial charge in [0.15, 0.2) is 11.5 Å². The smallest absolute Gasteiger partial charge is 0.161 e. The van der Waals surface area contributed by atoms with E-state index in [0.717, 1.165) is 35.5 Å². The minimum Gasteiger partial charge on any atom is -0.493 e. The first-order chi connectivity index (χ1) is 13.3. The third-order valence-corrected chi connectivity index (χ3v) is 4.96. The average Bonchev–Trinajstić information content (AvgIpc) is 3.48. The van der Waals surface area contributed by atoms with Gasteiger partial charge in [0.25, 0.3) is 0 Å². The molecule has 1 saturated carbocycles. The number of allylic oxidation sites excluding steroid dienone is 1. The number of hydrogen-bond acceptors (Lipinski definition) is 3. The zero-order valence-electron chi connectivity index (χ0n) is 16.0. The Morgan fingerprint density at radius 1 is 1.15 bits per heavy atom. The lowest BCUT2D eigenvalue weighted by atomic mass is 10.2. The van der Waals surface area contributed by atoms with Gasteiger partial charge in [-0.3, -0.25) is 0 Å². The van der Waals surface area contributed by atoms with E-state index in [2.05, 4.69) is 34.9 Å². The Labute approximate surface area is 160 Å². The third kappa shape index (κ3) is 3.85. The molecule has 0 spiro atoms. The summed E-state index contributed by atoms with van der Waals surface area (Å²) in [6.45, 7) is 3.58. The summed E-state index contributed by atoms with van der Waals surface area (Å²) in [5, 5.41) is 0. The van der Waals surface area contributed by atoms with Crippen molar-refractivity contribution < 1.29 is 9.47 Å². The SMILES string of the molecule is C/C=C/c1ccc(OCCCn2c(C3CC3)nc3ccccc32)c(OC)c1. The van der Waals surface area contributed by atoms with Gasteiger partial charge in [0.05, 0.1) is 24.8 Å². The molecule has 0 radical (unpaired) electrons. The van der Waals surface area contributed by atoms with Crippen molar-refractivity contribution in [1.29, 1.82) is 0 Å². The average molecular weight is 362 g/mol. The molecular weight excluding hydrogens is 336 g/mol. The van der Waals surface area contributed by atoms with Gasteiger partial charge in [0.2, 0.25) is 0 Å². The molecule has 1 aliphatic carbocycles. The molecule has 3 aromatic rings. The maximum absolute atomic E-state index is 6.00. The standard InChI is InChI=1S/C23H26N2O2/c1-3-7-17-10-13-21(22(16-17)26-2)27-15-6-14-25-20-9-5-4-8-19(20)24-23(25)18-11-12-18/h3-5,7-10,13,16,18H,6,11-12,14-15H2,1-2H3/b7-3+. The van der Waals surface area contributed by atoms with Crippen molar-refractivity contribution in [2.75, 3.05) is 13.7 Å². The fourth-order valence-electron chi connectivity index (χ4n) is 3.49. The van der Waals surface area contributed by atoms with E-state index in [1.54, 1.807) is 7.11 Å². The van der Waals surface area contributed by atoms with Crippen LogP contribution >= 0.6 is 0 Å². The molecule has 0 atom stereocenters. The molecule has 4 rings (SSSR count). The third-order valence-electron chi connectivity index (χ3n) is 4.96. The largest absolute Gasteiger partial charge is 0.493 e. The number of rotatable bonds is 8. The van der Waals surface area contributed by atoms with Gasteiger partial charge in [0, 0.05) is 12.5 Å². The number of hydrogen-bond donors (Lipinski definition) is 0. The summed E-state index contributed by atoms with van der Waals surface area (Å²) in [7, 11) is 1.68. The number of nitrogens with zero attached hydrogens (tertiary/aromatic N) is 2. The lowest BCUT2D eigenvalue weighted by molar-refractivity contribution is 0.282. The summed E-state index contributed by atoms with van der Waals surface area (Å²) >= 11 is 0. The van der Waals surface area contributed by atoms with Crippen LogP contribution in [0.15, 0.2) is 48.5 Å². The van der Waals surface area contributed by atoms with Crippen LogP contribution < -0.4 is 9.47 Å². The van der Waals surface area contributed by atoms with Crippen LogP contribution in [-0.4, -0.2) is 23.3 Å². The van der Waals surface area contributed by atoms with E-state index in [1.165, 1.54) is 24.2 Å². The summed E-state index contributed by atoms with van der Waals surface area (Å²) in [4.78, 5) is 4.86. The molecular formula is C23H26N2O2. The van der Waals surface area contributed by atoms with E-state index in [4.69, 9.17) is 14.5 Å². The van der Waals surface area contributed by atoms with Crippen molar-refractivity contribution in [3.05, 3.63) is 59.9 Å². The van der Waals surface area contributed by atoms with Crippen molar-refractivity contribution in [2.45, 2.75) is 38.6 Å². The molecule has 4 nitrogen and oxygen atoms in total. The van der Waals surface area contributed by atoms with Crippen LogP contribution in [-0.2, 0) is 6.54 Å². The van der Waals surface area contributed by atoms with Gasteiger partial charge in [-0.2, -0.15) is 0 Å². The molecule has 1 aliphatic rings. The first-order valence-corrected chi connectivity index (χ1v) is 9.69. The highest BCUT2D eigenvalue weighted by Gasteiger charge is 2.29. The molecule has 0 N–H and O–H groups in total. The Morgan fingerprint density at radius 2 is 2.00 bits per heavy atom. The molecule has 27 heavy (non-hydrogen) atoms. The van der Waals surface area contributed by atoms with Crippen LogP contribution in [0.3, 0.4) is 0 Å². The summed E-state index contributed by atoms with van der Waals surface area (Å²) in [6, 6.07) is 14.4. The fraction of sp³-hybridized carbons (Fsp3) is 0.348. The minimum atomic E-state index is 0.637. The highest BCUT2D eigenvalue weighted by molar-refractivity contribution is 5.76. The number of ether oxygens (including phenoxy) is 2. The van der Waals surface area contributed by atoms with E-state index in [0.29, 0.717) is 12.5 Å². The van der Waals surface area contributed by atoms with Crippen molar-refractivity contribution in [1.82, 2.24) is 9.55 Å². The van der Waals surface area contributed by atoms with Crippen molar-refractivity contribution in [3.63, 3.8) is 0 Å². The van der Waals surface area contributed by atoms with E-state index in [-0.39, 0.29) is 0 Å². The number of aryl methyl sites for hydroxylation is 1. The second-order valence-corrected chi connectivity index (χ2v) is 7.00. The minimum absolute atomic E-state index is 0.637. The topological polar surface area (TPSA) is 36.3 Å². The monoisotopic (exact) mass is 362 g/mol. The second-order valence-electron chi connectivity index (χ2n) is 7.00. The van der Waals surface area contributed by atoms with Gasteiger partial charge in [-0.25, -0.2) is 4.98 Å². The number of fused-ring (bicyclic) bond motifs is 1. The van der Waals surface area contributed by atoms with Crippen LogP contribution in [0, 0.1) is 0 Å². The van der Waals surface area contributed by atoms with E-state index in [1.807, 2.05) is 31.2 Å².